The first-order chi connectivity index (χ1) is 14.9. The Morgan fingerprint density at radius 1 is 1.29 bits per heavy atom. The Hall–Kier alpha value is -2.23. The van der Waals surface area contributed by atoms with Gasteiger partial charge in [0.25, 0.3) is 0 Å². The lowest BCUT2D eigenvalue weighted by Crippen LogP contribution is -2.52. The molecule has 2 aliphatic heterocycles. The Morgan fingerprint density at radius 3 is 2.77 bits per heavy atom. The second-order valence-electron chi connectivity index (χ2n) is 7.97. The lowest BCUT2D eigenvalue weighted by atomic mass is 10.1. The van der Waals surface area contributed by atoms with Gasteiger partial charge in [-0.1, -0.05) is 12.1 Å². The predicted molar refractivity (Wildman–Crippen MR) is 122 cm³/mol. The van der Waals surface area contributed by atoms with Crippen molar-refractivity contribution in [1.82, 2.24) is 14.8 Å². The van der Waals surface area contributed by atoms with Crippen LogP contribution in [0, 0.1) is 6.92 Å². The van der Waals surface area contributed by atoms with Crippen molar-refractivity contribution in [2.75, 3.05) is 37.7 Å². The van der Waals surface area contributed by atoms with Crippen molar-refractivity contribution in [3.63, 3.8) is 0 Å². The van der Waals surface area contributed by atoms with Gasteiger partial charge in [0.2, 0.25) is 5.91 Å². The number of nitrogens with zero attached hydrogens (tertiary/aromatic N) is 3. The van der Waals surface area contributed by atoms with Gasteiger partial charge >= 0.3 is 0 Å². The molecule has 166 valence electrons. The van der Waals surface area contributed by atoms with Crippen LogP contribution in [-0.4, -0.2) is 72.8 Å². The number of piperazine rings is 1. The quantitative estimate of drug-likeness (QED) is 0.615. The zero-order valence-electron chi connectivity index (χ0n) is 17.6. The van der Waals surface area contributed by atoms with Crippen LogP contribution in [0.4, 0.5) is 0 Å². The number of carbonyl (C=O) groups excluding carboxylic acids is 1. The molecule has 0 aliphatic carbocycles. The summed E-state index contributed by atoms with van der Waals surface area (Å²) in [4.78, 5) is 21.0. The van der Waals surface area contributed by atoms with Crippen LogP contribution >= 0.6 is 11.3 Å². The summed E-state index contributed by atoms with van der Waals surface area (Å²) < 4.78 is 29.2. The van der Waals surface area contributed by atoms with E-state index in [-0.39, 0.29) is 23.5 Å². The van der Waals surface area contributed by atoms with E-state index in [1.54, 1.807) is 23.5 Å². The van der Waals surface area contributed by atoms with E-state index in [0.29, 0.717) is 26.1 Å². The number of benzene rings is 1. The maximum atomic E-state index is 12.6. The largest absolute Gasteiger partial charge is 0.487 e. The molecule has 0 saturated carbocycles. The lowest BCUT2D eigenvalue weighted by Gasteiger charge is -2.37. The Morgan fingerprint density at radius 2 is 2.10 bits per heavy atom. The number of aromatic nitrogens is 1. The van der Waals surface area contributed by atoms with Gasteiger partial charge in [-0.2, -0.15) is 0 Å². The van der Waals surface area contributed by atoms with Crippen LogP contribution in [-0.2, 0) is 21.2 Å². The van der Waals surface area contributed by atoms with E-state index in [1.807, 2.05) is 41.5 Å². The average Bonchev–Trinajstić information content (AvgIpc) is 3.35. The van der Waals surface area contributed by atoms with E-state index in [9.17, 15) is 13.2 Å². The Balaban J connectivity index is 1.27. The van der Waals surface area contributed by atoms with Crippen molar-refractivity contribution >= 4 is 33.2 Å². The van der Waals surface area contributed by atoms with Crippen molar-refractivity contribution in [2.24, 2.45) is 0 Å². The third kappa shape index (κ3) is 5.93. The lowest BCUT2D eigenvalue weighted by molar-refractivity contribution is -0.127. The van der Waals surface area contributed by atoms with Gasteiger partial charge in [0.05, 0.1) is 22.2 Å². The van der Waals surface area contributed by atoms with Crippen LogP contribution in [0.25, 0.3) is 6.08 Å². The highest BCUT2D eigenvalue weighted by Crippen LogP contribution is 2.20. The second kappa shape index (κ2) is 9.50. The summed E-state index contributed by atoms with van der Waals surface area (Å²) in [7, 11) is -2.88. The molecular formula is C22H27N3O4S2. The maximum absolute atomic E-state index is 12.6. The van der Waals surface area contributed by atoms with E-state index >= 15 is 0 Å². The van der Waals surface area contributed by atoms with Crippen molar-refractivity contribution < 1.29 is 17.9 Å². The molecule has 1 atom stereocenters. The molecule has 1 aromatic heterocycles. The molecule has 1 amide bonds. The van der Waals surface area contributed by atoms with E-state index in [0.717, 1.165) is 35.1 Å². The third-order valence-corrected chi connectivity index (χ3v) is 8.25. The molecule has 0 N–H and O–H groups in total. The van der Waals surface area contributed by atoms with Crippen LogP contribution in [0.3, 0.4) is 0 Å². The molecule has 9 heteroatoms. The number of hydrogen-bond donors (Lipinski definition) is 0. The molecule has 2 aliphatic rings. The van der Waals surface area contributed by atoms with Crippen LogP contribution in [0.1, 0.15) is 22.7 Å². The van der Waals surface area contributed by atoms with Gasteiger partial charge < -0.3 is 9.64 Å². The van der Waals surface area contributed by atoms with Gasteiger partial charge in [-0.25, -0.2) is 13.4 Å². The number of hydrogen-bond acceptors (Lipinski definition) is 7. The van der Waals surface area contributed by atoms with Crippen LogP contribution in [0.2, 0.25) is 0 Å². The number of sulfone groups is 1. The average molecular weight is 462 g/mol. The van der Waals surface area contributed by atoms with Gasteiger partial charge in [-0.15, -0.1) is 11.3 Å². The standard InChI is InChI=1S/C22H27N3O4S2/c1-17-23-19(15-30-17)14-29-21-4-2-3-18(13-21)5-6-22(26)25-10-8-24(9-11-25)20-7-12-31(27,28)16-20/h2-6,13,15,20H,7-12,14,16H2,1H3/b6-5+. The minimum Gasteiger partial charge on any atom is -0.487 e. The molecule has 0 radical (unpaired) electrons. The fourth-order valence-electron chi connectivity index (χ4n) is 3.98. The van der Waals surface area contributed by atoms with Crippen molar-refractivity contribution in [3.05, 3.63) is 52.0 Å². The topological polar surface area (TPSA) is 79.8 Å². The van der Waals surface area contributed by atoms with E-state index < -0.39 is 9.84 Å². The van der Waals surface area contributed by atoms with Crippen LogP contribution in [0.5, 0.6) is 5.75 Å². The molecule has 0 bridgehead atoms. The molecule has 7 nitrogen and oxygen atoms in total. The maximum Gasteiger partial charge on any atom is 0.246 e. The van der Waals surface area contributed by atoms with Crippen molar-refractivity contribution in [1.29, 1.82) is 0 Å². The highest BCUT2D eigenvalue weighted by Gasteiger charge is 2.34. The summed E-state index contributed by atoms with van der Waals surface area (Å²) in [6.07, 6.45) is 4.10. The highest BCUT2D eigenvalue weighted by molar-refractivity contribution is 7.91. The van der Waals surface area contributed by atoms with Crippen LogP contribution < -0.4 is 4.74 Å². The first-order valence-corrected chi connectivity index (χ1v) is 13.1. The predicted octanol–water partition coefficient (Wildman–Crippen LogP) is 2.38. The van der Waals surface area contributed by atoms with Gasteiger partial charge in [-0.3, -0.25) is 9.69 Å². The van der Waals surface area contributed by atoms with Crippen molar-refractivity contribution in [2.45, 2.75) is 26.0 Å². The summed E-state index contributed by atoms with van der Waals surface area (Å²) in [5, 5.41) is 3.01. The Bertz CT molecular complexity index is 1060. The Labute approximate surface area is 187 Å². The number of ether oxygens (including phenoxy) is 1. The summed E-state index contributed by atoms with van der Waals surface area (Å²) in [5.41, 5.74) is 1.81. The zero-order valence-corrected chi connectivity index (χ0v) is 19.2. The number of aryl methyl sites for hydroxylation is 1. The molecular weight excluding hydrogens is 434 g/mol. The van der Waals surface area contributed by atoms with Gasteiger partial charge in [-0.05, 0) is 37.1 Å². The van der Waals surface area contributed by atoms with E-state index in [1.165, 1.54) is 0 Å². The summed E-state index contributed by atoms with van der Waals surface area (Å²) in [5.74, 6) is 1.25. The molecule has 2 aromatic rings. The van der Waals surface area contributed by atoms with Crippen LogP contribution in [0.15, 0.2) is 35.7 Å². The number of carbonyl (C=O) groups is 1. The van der Waals surface area contributed by atoms with E-state index in [2.05, 4.69) is 9.88 Å². The van der Waals surface area contributed by atoms with Gasteiger partial charge in [0.1, 0.15) is 12.4 Å². The fourth-order valence-corrected chi connectivity index (χ4v) is 6.34. The Kier molecular flexibility index (Phi) is 6.74. The van der Waals surface area contributed by atoms with Gasteiger partial charge in [0, 0.05) is 43.7 Å². The molecule has 0 spiro atoms. The zero-order chi connectivity index (χ0) is 21.8. The SMILES string of the molecule is Cc1nc(COc2cccc(/C=C/C(=O)N3CCN(C4CCS(=O)(=O)C4)CC3)c2)cs1. The number of amides is 1. The minimum absolute atomic E-state index is 0.0250. The van der Waals surface area contributed by atoms with Gasteiger partial charge in [0.15, 0.2) is 9.84 Å². The molecule has 1 unspecified atom stereocenters. The second-order valence-corrected chi connectivity index (χ2v) is 11.3. The monoisotopic (exact) mass is 461 g/mol. The molecule has 3 heterocycles. The summed E-state index contributed by atoms with van der Waals surface area (Å²) >= 11 is 1.60. The third-order valence-electron chi connectivity index (χ3n) is 5.68. The van der Waals surface area contributed by atoms with E-state index in [4.69, 9.17) is 4.74 Å². The van der Waals surface area contributed by atoms with Crippen molar-refractivity contribution in [3.8, 4) is 5.75 Å². The molecule has 1 aromatic carbocycles. The molecule has 2 saturated heterocycles. The molecule has 4 rings (SSSR count). The highest BCUT2D eigenvalue weighted by atomic mass is 32.2. The number of rotatable bonds is 6. The number of thiazole rings is 1. The smallest absolute Gasteiger partial charge is 0.246 e. The summed E-state index contributed by atoms with van der Waals surface area (Å²) in [6.45, 7) is 5.07. The normalized spacial score (nSPS) is 21.6. The first-order valence-electron chi connectivity index (χ1n) is 10.4. The molecule has 2 fully saturated rings. The molecule has 31 heavy (non-hydrogen) atoms. The summed E-state index contributed by atoms with van der Waals surface area (Å²) in [6, 6.07) is 7.73. The fraction of sp³-hybridized carbons (Fsp3) is 0.455. The first kappa shape index (κ1) is 22.0. The minimum atomic E-state index is -2.88.